The lowest BCUT2D eigenvalue weighted by molar-refractivity contribution is -0.154. The number of amides is 3. The van der Waals surface area contributed by atoms with Gasteiger partial charge in [-0.25, -0.2) is 14.5 Å². The Hall–Kier alpha value is -2.32. The standard InChI is InChI=1S/C19H30N2O7/c1-17(2,3)27-15(24)20-11-8-12-13(22)21(16(25)28-18(4,5)6)10-19(12,9-11)14(23)26-7/h11-12H,8-10H2,1-7H3,(H,20,24)/t11-,12+,19+/m1/s1. The minimum Gasteiger partial charge on any atom is -0.469 e. The largest absolute Gasteiger partial charge is 0.469 e. The molecule has 0 aromatic carbocycles. The summed E-state index contributed by atoms with van der Waals surface area (Å²) in [6.07, 6.45) is -1.01. The fourth-order valence-electron chi connectivity index (χ4n) is 3.78. The first-order chi connectivity index (χ1) is 12.7. The summed E-state index contributed by atoms with van der Waals surface area (Å²) in [6, 6.07) is -0.441. The average Bonchev–Trinajstić information content (AvgIpc) is 2.98. The van der Waals surface area contributed by atoms with Crippen LogP contribution in [0.5, 0.6) is 0 Å². The maximum atomic E-state index is 12.9. The Labute approximate surface area is 165 Å². The van der Waals surface area contributed by atoms with Crippen LogP contribution in [0.1, 0.15) is 54.4 Å². The van der Waals surface area contributed by atoms with Gasteiger partial charge in [0, 0.05) is 12.6 Å². The Morgan fingerprint density at radius 3 is 2.14 bits per heavy atom. The van der Waals surface area contributed by atoms with Gasteiger partial charge in [-0.15, -0.1) is 0 Å². The monoisotopic (exact) mass is 398 g/mol. The first kappa shape index (κ1) is 22.0. The van der Waals surface area contributed by atoms with Gasteiger partial charge in [0.15, 0.2) is 0 Å². The van der Waals surface area contributed by atoms with Crippen molar-refractivity contribution in [1.29, 1.82) is 0 Å². The van der Waals surface area contributed by atoms with E-state index in [2.05, 4.69) is 5.32 Å². The molecule has 3 amide bonds. The van der Waals surface area contributed by atoms with Gasteiger partial charge in [0.05, 0.1) is 18.4 Å². The second kappa shape index (κ2) is 7.25. The predicted molar refractivity (Wildman–Crippen MR) is 98.3 cm³/mol. The molecule has 0 spiro atoms. The summed E-state index contributed by atoms with van der Waals surface area (Å²) in [5, 5.41) is 2.71. The molecule has 9 nitrogen and oxygen atoms in total. The number of esters is 1. The van der Waals surface area contributed by atoms with E-state index in [9.17, 15) is 19.2 Å². The third kappa shape index (κ3) is 4.56. The second-order valence-corrected chi connectivity index (χ2v) is 9.39. The molecule has 1 aliphatic carbocycles. The number of nitrogens with zero attached hydrogens (tertiary/aromatic N) is 1. The van der Waals surface area contributed by atoms with E-state index in [1.54, 1.807) is 41.5 Å². The summed E-state index contributed by atoms with van der Waals surface area (Å²) >= 11 is 0. The van der Waals surface area contributed by atoms with Crippen molar-refractivity contribution in [2.45, 2.75) is 71.6 Å². The van der Waals surface area contributed by atoms with E-state index < -0.39 is 52.6 Å². The first-order valence-corrected chi connectivity index (χ1v) is 9.31. The number of imide groups is 1. The fourth-order valence-corrected chi connectivity index (χ4v) is 3.78. The molecule has 1 N–H and O–H groups in total. The first-order valence-electron chi connectivity index (χ1n) is 9.31. The van der Waals surface area contributed by atoms with Crippen LogP contribution < -0.4 is 5.32 Å². The Kier molecular flexibility index (Phi) is 5.69. The van der Waals surface area contributed by atoms with E-state index in [0.717, 1.165) is 4.90 Å². The molecule has 2 fully saturated rings. The predicted octanol–water partition coefficient (Wildman–Crippen LogP) is 2.23. The molecule has 0 aromatic rings. The van der Waals surface area contributed by atoms with E-state index in [1.165, 1.54) is 7.11 Å². The van der Waals surface area contributed by atoms with Crippen molar-refractivity contribution < 1.29 is 33.4 Å². The SMILES string of the molecule is COC(=O)[C@]12C[C@H](NC(=O)OC(C)(C)C)C[C@H]1C(=O)N(C(=O)OC(C)(C)C)C2. The number of hydrogen-bond donors (Lipinski definition) is 1. The van der Waals surface area contributed by atoms with Crippen molar-refractivity contribution in [2.75, 3.05) is 13.7 Å². The molecular formula is C19H30N2O7. The van der Waals surface area contributed by atoms with Gasteiger partial charge in [-0.05, 0) is 54.4 Å². The molecule has 0 bridgehead atoms. The third-order valence-electron chi connectivity index (χ3n) is 4.73. The van der Waals surface area contributed by atoms with Gasteiger partial charge in [-0.3, -0.25) is 9.59 Å². The molecule has 2 rings (SSSR count). The maximum Gasteiger partial charge on any atom is 0.417 e. The van der Waals surface area contributed by atoms with E-state index in [0.29, 0.717) is 0 Å². The minimum atomic E-state index is -1.21. The van der Waals surface area contributed by atoms with Crippen LogP contribution in [0.2, 0.25) is 0 Å². The number of rotatable bonds is 2. The highest BCUT2D eigenvalue weighted by atomic mass is 16.6. The number of ether oxygens (including phenoxy) is 3. The van der Waals surface area contributed by atoms with Gasteiger partial charge in [0.2, 0.25) is 5.91 Å². The van der Waals surface area contributed by atoms with E-state index >= 15 is 0 Å². The maximum absolute atomic E-state index is 12.9. The molecule has 0 radical (unpaired) electrons. The summed E-state index contributed by atoms with van der Waals surface area (Å²) < 4.78 is 15.5. The fraction of sp³-hybridized carbons (Fsp3) is 0.789. The van der Waals surface area contributed by atoms with Gasteiger partial charge < -0.3 is 19.5 Å². The van der Waals surface area contributed by atoms with Gasteiger partial charge in [-0.2, -0.15) is 0 Å². The van der Waals surface area contributed by atoms with Crippen LogP contribution in [0.3, 0.4) is 0 Å². The molecule has 1 heterocycles. The normalized spacial score (nSPS) is 27.2. The summed E-state index contributed by atoms with van der Waals surface area (Å²) in [6.45, 7) is 10.2. The summed E-state index contributed by atoms with van der Waals surface area (Å²) in [7, 11) is 1.24. The van der Waals surface area contributed by atoms with Crippen molar-refractivity contribution in [3.63, 3.8) is 0 Å². The number of carbonyl (C=O) groups is 4. The Bertz CT molecular complexity index is 677. The van der Waals surface area contributed by atoms with E-state index in [4.69, 9.17) is 14.2 Å². The van der Waals surface area contributed by atoms with Crippen LogP contribution in [0.4, 0.5) is 9.59 Å². The zero-order valence-electron chi connectivity index (χ0n) is 17.6. The number of methoxy groups -OCH3 is 1. The van der Waals surface area contributed by atoms with Crippen molar-refractivity contribution >= 4 is 24.1 Å². The molecule has 3 atom stereocenters. The van der Waals surface area contributed by atoms with Gasteiger partial charge >= 0.3 is 18.2 Å². The van der Waals surface area contributed by atoms with Crippen molar-refractivity contribution in [3.8, 4) is 0 Å². The lowest BCUT2D eigenvalue weighted by Crippen LogP contribution is -2.44. The van der Waals surface area contributed by atoms with Gasteiger partial charge in [0.1, 0.15) is 11.2 Å². The number of alkyl carbamates (subject to hydrolysis) is 1. The number of nitrogens with one attached hydrogen (secondary N) is 1. The summed E-state index contributed by atoms with van der Waals surface area (Å²) in [5.41, 5.74) is -2.64. The van der Waals surface area contributed by atoms with Crippen LogP contribution in [-0.2, 0) is 23.8 Å². The van der Waals surface area contributed by atoms with Crippen molar-refractivity contribution in [2.24, 2.45) is 11.3 Å². The smallest absolute Gasteiger partial charge is 0.417 e. The Morgan fingerprint density at radius 1 is 1.07 bits per heavy atom. The van der Waals surface area contributed by atoms with E-state index in [1.807, 2.05) is 0 Å². The van der Waals surface area contributed by atoms with Gasteiger partial charge in [0.25, 0.3) is 0 Å². The lowest BCUT2D eigenvalue weighted by atomic mass is 9.80. The van der Waals surface area contributed by atoms with Crippen LogP contribution in [0.15, 0.2) is 0 Å². The van der Waals surface area contributed by atoms with Crippen LogP contribution >= 0.6 is 0 Å². The topological polar surface area (TPSA) is 111 Å². The molecule has 1 aliphatic heterocycles. The third-order valence-corrected chi connectivity index (χ3v) is 4.73. The molecule has 158 valence electrons. The molecule has 1 saturated heterocycles. The summed E-state index contributed by atoms with van der Waals surface area (Å²) in [5.74, 6) is -1.84. The molecule has 0 unspecified atom stereocenters. The van der Waals surface area contributed by atoms with Crippen LogP contribution in [0.25, 0.3) is 0 Å². The highest BCUT2D eigenvalue weighted by Crippen LogP contribution is 2.50. The minimum absolute atomic E-state index is 0.134. The lowest BCUT2D eigenvalue weighted by Gasteiger charge is -2.27. The van der Waals surface area contributed by atoms with E-state index in [-0.39, 0.29) is 19.4 Å². The van der Waals surface area contributed by atoms with Crippen molar-refractivity contribution in [3.05, 3.63) is 0 Å². The zero-order valence-corrected chi connectivity index (χ0v) is 17.6. The molecular weight excluding hydrogens is 368 g/mol. The molecule has 1 saturated carbocycles. The number of hydrogen-bond acceptors (Lipinski definition) is 7. The highest BCUT2D eigenvalue weighted by molar-refractivity contribution is 6.01. The van der Waals surface area contributed by atoms with Crippen LogP contribution in [0, 0.1) is 11.3 Å². The highest BCUT2D eigenvalue weighted by Gasteiger charge is 2.64. The molecule has 0 aromatic heterocycles. The Balaban J connectivity index is 2.18. The number of carbonyl (C=O) groups excluding carboxylic acids is 4. The van der Waals surface area contributed by atoms with Gasteiger partial charge in [-0.1, -0.05) is 0 Å². The second-order valence-electron chi connectivity index (χ2n) is 9.39. The van der Waals surface area contributed by atoms with Crippen molar-refractivity contribution in [1.82, 2.24) is 10.2 Å². The zero-order chi connectivity index (χ0) is 21.5. The number of fused-ring (bicyclic) bond motifs is 1. The average molecular weight is 398 g/mol. The quantitative estimate of drug-likeness (QED) is 0.561. The molecule has 28 heavy (non-hydrogen) atoms. The van der Waals surface area contributed by atoms with Crippen LogP contribution in [-0.4, -0.2) is 59.9 Å². The summed E-state index contributed by atoms with van der Waals surface area (Å²) in [4.78, 5) is 50.9. The molecule has 9 heteroatoms. The Morgan fingerprint density at radius 2 is 1.64 bits per heavy atom. The number of likely N-dealkylation sites (tertiary alicyclic amines) is 1. The molecule has 2 aliphatic rings.